The van der Waals surface area contributed by atoms with Crippen molar-refractivity contribution in [2.45, 2.75) is 38.8 Å². The van der Waals surface area contributed by atoms with Crippen LogP contribution < -0.4 is 0 Å². The van der Waals surface area contributed by atoms with Crippen molar-refractivity contribution in [2.75, 3.05) is 6.54 Å². The van der Waals surface area contributed by atoms with Crippen molar-refractivity contribution in [2.24, 2.45) is 0 Å². The zero-order valence-corrected chi connectivity index (χ0v) is 9.82. The van der Waals surface area contributed by atoms with E-state index in [1.807, 2.05) is 18.2 Å². The van der Waals surface area contributed by atoms with Crippen LogP contribution in [0.25, 0.3) is 0 Å². The van der Waals surface area contributed by atoms with Crippen LogP contribution in [0.15, 0.2) is 24.3 Å². The van der Waals surface area contributed by atoms with Crippen molar-refractivity contribution < 1.29 is 0 Å². The van der Waals surface area contributed by atoms with Crippen LogP contribution in [0, 0.1) is 11.3 Å². The molecule has 1 saturated heterocycles. The predicted octanol–water partition coefficient (Wildman–Crippen LogP) is 2.93. The number of nitriles is 1. The van der Waals surface area contributed by atoms with E-state index in [1.54, 1.807) is 0 Å². The highest BCUT2D eigenvalue weighted by Crippen LogP contribution is 2.22. The third kappa shape index (κ3) is 2.43. The highest BCUT2D eigenvalue weighted by Gasteiger charge is 2.22. The molecular formula is C14H18N2. The van der Waals surface area contributed by atoms with Gasteiger partial charge in [0, 0.05) is 12.6 Å². The van der Waals surface area contributed by atoms with Gasteiger partial charge in [0.15, 0.2) is 0 Å². The lowest BCUT2D eigenvalue weighted by molar-refractivity contribution is 0.240. The van der Waals surface area contributed by atoms with Gasteiger partial charge in [-0.05, 0) is 43.5 Å². The number of benzene rings is 1. The summed E-state index contributed by atoms with van der Waals surface area (Å²) in [6.07, 6.45) is 3.88. The Hall–Kier alpha value is -1.33. The van der Waals surface area contributed by atoms with Gasteiger partial charge in [-0.3, -0.25) is 4.90 Å². The minimum Gasteiger partial charge on any atom is -0.296 e. The van der Waals surface area contributed by atoms with E-state index >= 15 is 0 Å². The van der Waals surface area contributed by atoms with Crippen molar-refractivity contribution >= 4 is 0 Å². The molecule has 0 saturated carbocycles. The first-order valence-electron chi connectivity index (χ1n) is 6.06. The van der Waals surface area contributed by atoms with Crippen LogP contribution >= 0.6 is 0 Å². The maximum atomic E-state index is 8.86. The Bertz CT molecular complexity index is 392. The minimum absolute atomic E-state index is 0.741. The maximum Gasteiger partial charge on any atom is 0.0991 e. The molecule has 0 N–H and O–H groups in total. The van der Waals surface area contributed by atoms with E-state index in [0.29, 0.717) is 0 Å². The molecular weight excluding hydrogens is 196 g/mol. The van der Waals surface area contributed by atoms with Gasteiger partial charge in [-0.25, -0.2) is 0 Å². The average Bonchev–Trinajstić information content (AvgIpc) is 2.76. The normalized spacial score (nSPS) is 20.9. The lowest BCUT2D eigenvalue weighted by atomic mass is 10.1. The van der Waals surface area contributed by atoms with Gasteiger partial charge in [0.2, 0.25) is 0 Å². The largest absolute Gasteiger partial charge is 0.296 e. The Kier molecular flexibility index (Phi) is 3.58. The van der Waals surface area contributed by atoms with Crippen molar-refractivity contribution in [1.82, 2.24) is 4.90 Å². The van der Waals surface area contributed by atoms with E-state index in [4.69, 9.17) is 5.26 Å². The first kappa shape index (κ1) is 11.2. The molecule has 1 unspecified atom stereocenters. The van der Waals surface area contributed by atoms with E-state index in [1.165, 1.54) is 31.4 Å². The van der Waals surface area contributed by atoms with E-state index in [-0.39, 0.29) is 0 Å². The molecule has 1 aromatic carbocycles. The lowest BCUT2D eigenvalue weighted by Crippen LogP contribution is -2.28. The van der Waals surface area contributed by atoms with Crippen LogP contribution in [0.5, 0.6) is 0 Å². The molecule has 0 amide bonds. The fourth-order valence-corrected chi connectivity index (χ4v) is 2.54. The Morgan fingerprint density at radius 3 is 3.12 bits per heavy atom. The molecule has 84 valence electrons. The van der Waals surface area contributed by atoms with Gasteiger partial charge in [0.1, 0.15) is 0 Å². The van der Waals surface area contributed by atoms with Crippen LogP contribution in [0.4, 0.5) is 0 Å². The molecule has 1 aliphatic heterocycles. The zero-order valence-electron chi connectivity index (χ0n) is 9.82. The molecule has 1 atom stereocenters. The highest BCUT2D eigenvalue weighted by atomic mass is 15.2. The Morgan fingerprint density at radius 2 is 2.38 bits per heavy atom. The molecule has 1 fully saturated rings. The van der Waals surface area contributed by atoms with Gasteiger partial charge in [-0.1, -0.05) is 19.1 Å². The van der Waals surface area contributed by atoms with E-state index in [0.717, 1.165) is 18.2 Å². The summed E-state index contributed by atoms with van der Waals surface area (Å²) in [7, 11) is 0. The van der Waals surface area contributed by atoms with Gasteiger partial charge in [-0.15, -0.1) is 0 Å². The summed E-state index contributed by atoms with van der Waals surface area (Å²) in [5.41, 5.74) is 2.03. The summed E-state index contributed by atoms with van der Waals surface area (Å²) < 4.78 is 0. The SMILES string of the molecule is CCC1CCCN1Cc1cccc(C#N)c1. The second kappa shape index (κ2) is 5.14. The number of likely N-dealkylation sites (tertiary alicyclic amines) is 1. The number of hydrogen-bond donors (Lipinski definition) is 0. The summed E-state index contributed by atoms with van der Waals surface area (Å²) in [5, 5.41) is 8.86. The minimum atomic E-state index is 0.741. The molecule has 1 aliphatic rings. The van der Waals surface area contributed by atoms with Crippen molar-refractivity contribution in [3.05, 3.63) is 35.4 Å². The zero-order chi connectivity index (χ0) is 11.4. The Morgan fingerprint density at radius 1 is 1.50 bits per heavy atom. The summed E-state index contributed by atoms with van der Waals surface area (Å²) in [6, 6.07) is 10.9. The van der Waals surface area contributed by atoms with Crippen LogP contribution in [-0.2, 0) is 6.54 Å². The van der Waals surface area contributed by atoms with Gasteiger partial charge >= 0.3 is 0 Å². The fraction of sp³-hybridized carbons (Fsp3) is 0.500. The third-order valence-corrected chi connectivity index (χ3v) is 3.41. The summed E-state index contributed by atoms with van der Waals surface area (Å²) in [4.78, 5) is 2.54. The second-order valence-corrected chi connectivity index (χ2v) is 4.49. The first-order valence-corrected chi connectivity index (χ1v) is 6.06. The molecule has 2 rings (SSSR count). The lowest BCUT2D eigenvalue weighted by Gasteiger charge is -2.23. The number of rotatable bonds is 3. The Balaban J connectivity index is 2.06. The summed E-state index contributed by atoms with van der Waals surface area (Å²) >= 11 is 0. The van der Waals surface area contributed by atoms with E-state index in [9.17, 15) is 0 Å². The van der Waals surface area contributed by atoms with E-state index < -0.39 is 0 Å². The molecule has 0 radical (unpaired) electrons. The van der Waals surface area contributed by atoms with Gasteiger partial charge in [0.05, 0.1) is 11.6 Å². The summed E-state index contributed by atoms with van der Waals surface area (Å²) in [6.45, 7) is 4.46. The van der Waals surface area contributed by atoms with Gasteiger partial charge < -0.3 is 0 Å². The van der Waals surface area contributed by atoms with Crippen LogP contribution in [-0.4, -0.2) is 17.5 Å². The highest BCUT2D eigenvalue weighted by molar-refractivity contribution is 5.32. The van der Waals surface area contributed by atoms with Crippen LogP contribution in [0.2, 0.25) is 0 Å². The third-order valence-electron chi connectivity index (χ3n) is 3.41. The topological polar surface area (TPSA) is 27.0 Å². The molecule has 2 heteroatoms. The van der Waals surface area contributed by atoms with Crippen molar-refractivity contribution in [1.29, 1.82) is 5.26 Å². The van der Waals surface area contributed by atoms with Crippen LogP contribution in [0.3, 0.4) is 0 Å². The first-order chi connectivity index (χ1) is 7.83. The Labute approximate surface area is 97.5 Å². The number of hydrogen-bond acceptors (Lipinski definition) is 2. The smallest absolute Gasteiger partial charge is 0.0991 e. The van der Waals surface area contributed by atoms with Crippen molar-refractivity contribution in [3.63, 3.8) is 0 Å². The van der Waals surface area contributed by atoms with Gasteiger partial charge in [-0.2, -0.15) is 5.26 Å². The van der Waals surface area contributed by atoms with Crippen molar-refractivity contribution in [3.8, 4) is 6.07 Å². The standard InChI is InChI=1S/C14H18N2/c1-2-14-7-4-8-16(14)11-13-6-3-5-12(9-13)10-15/h3,5-6,9,14H,2,4,7-8,11H2,1H3. The fourth-order valence-electron chi connectivity index (χ4n) is 2.54. The molecule has 2 nitrogen and oxygen atoms in total. The number of nitrogens with zero attached hydrogens (tertiary/aromatic N) is 2. The molecule has 0 spiro atoms. The average molecular weight is 214 g/mol. The second-order valence-electron chi connectivity index (χ2n) is 4.49. The van der Waals surface area contributed by atoms with Crippen LogP contribution in [0.1, 0.15) is 37.3 Å². The molecule has 1 aromatic rings. The monoisotopic (exact) mass is 214 g/mol. The maximum absolute atomic E-state index is 8.86. The van der Waals surface area contributed by atoms with E-state index in [2.05, 4.69) is 24.0 Å². The molecule has 0 aromatic heterocycles. The van der Waals surface area contributed by atoms with Gasteiger partial charge in [0.25, 0.3) is 0 Å². The molecule has 16 heavy (non-hydrogen) atoms. The quantitative estimate of drug-likeness (QED) is 0.773. The molecule has 0 bridgehead atoms. The summed E-state index contributed by atoms with van der Waals surface area (Å²) in [5.74, 6) is 0. The molecule has 0 aliphatic carbocycles. The predicted molar refractivity (Wildman–Crippen MR) is 64.9 cm³/mol. The molecule has 1 heterocycles.